The van der Waals surface area contributed by atoms with E-state index in [4.69, 9.17) is 9.72 Å². The molecule has 38 heavy (non-hydrogen) atoms. The number of amides is 1. The maximum absolute atomic E-state index is 13.3. The lowest BCUT2D eigenvalue weighted by Gasteiger charge is -2.44. The number of hydrogen-bond donors (Lipinski definition) is 0. The Bertz CT molecular complexity index is 1510. The Morgan fingerprint density at radius 1 is 1.18 bits per heavy atom. The van der Waals surface area contributed by atoms with Crippen LogP contribution < -0.4 is 4.74 Å². The van der Waals surface area contributed by atoms with Crippen LogP contribution in [0.2, 0.25) is 0 Å². The lowest BCUT2D eigenvalue weighted by Crippen LogP contribution is -2.56. The monoisotopic (exact) mass is 530 g/mol. The van der Waals surface area contributed by atoms with Crippen LogP contribution in [0.4, 0.5) is 22.0 Å². The minimum Gasteiger partial charge on any atom is -0.434 e. The Hall–Kier alpha value is -3.65. The summed E-state index contributed by atoms with van der Waals surface area (Å²) in [4.78, 5) is 20.9. The molecule has 0 aliphatic carbocycles. The third-order valence-electron chi connectivity index (χ3n) is 7.46. The zero-order valence-corrected chi connectivity index (χ0v) is 20.5. The molecule has 1 amide bonds. The van der Waals surface area contributed by atoms with Gasteiger partial charge in [-0.1, -0.05) is 17.9 Å². The molecule has 4 heterocycles. The molecule has 0 radical (unpaired) electrons. The maximum Gasteiger partial charge on any atom is 0.401 e. The van der Waals surface area contributed by atoms with Crippen molar-refractivity contribution in [2.45, 2.75) is 38.2 Å². The number of carbonyl (C=O) groups excluding carboxylic acids is 1. The van der Waals surface area contributed by atoms with E-state index < -0.39 is 30.8 Å². The lowest BCUT2D eigenvalue weighted by molar-refractivity contribution is -0.162. The van der Waals surface area contributed by atoms with Gasteiger partial charge in [0.15, 0.2) is 0 Å². The van der Waals surface area contributed by atoms with Crippen molar-refractivity contribution in [3.63, 3.8) is 0 Å². The standard InChI is InChI=1S/C27H23F5N4O2/c1-26(12-35(13-26)14-27(30,31)32)9-8-15-6-7-17-18(10-15)36-19-11-20(23(36)33-17)34(2)24(37)16-4-3-5-21(22(16)19)38-25(28)29/h3-7,10,19-20,25H,11-14H2,1-2H3/t19?,20-/m1/s1. The fourth-order valence-corrected chi connectivity index (χ4v) is 5.97. The van der Waals surface area contributed by atoms with Crippen LogP contribution in [0, 0.1) is 17.3 Å². The van der Waals surface area contributed by atoms with Crippen molar-refractivity contribution in [3.8, 4) is 17.6 Å². The van der Waals surface area contributed by atoms with Gasteiger partial charge in [0.1, 0.15) is 11.6 Å². The average molecular weight is 530 g/mol. The molecule has 2 bridgehead atoms. The molecule has 6 rings (SSSR count). The number of halogens is 5. The molecule has 2 aromatic carbocycles. The average Bonchev–Trinajstić information content (AvgIpc) is 3.33. The molecular weight excluding hydrogens is 507 g/mol. The molecular formula is C27H23F5N4O2. The van der Waals surface area contributed by atoms with Crippen molar-refractivity contribution in [2.75, 3.05) is 26.7 Å². The first-order chi connectivity index (χ1) is 17.9. The summed E-state index contributed by atoms with van der Waals surface area (Å²) in [5, 5.41) is 0. The lowest BCUT2D eigenvalue weighted by atomic mass is 9.82. The number of hydrogen-bond acceptors (Lipinski definition) is 4. The molecule has 3 aromatic rings. The van der Waals surface area contributed by atoms with Gasteiger partial charge in [-0.15, -0.1) is 0 Å². The van der Waals surface area contributed by atoms with Crippen molar-refractivity contribution < 1.29 is 31.5 Å². The molecule has 1 fully saturated rings. The van der Waals surface area contributed by atoms with Crippen LogP contribution in [0.1, 0.15) is 52.7 Å². The smallest absolute Gasteiger partial charge is 0.401 e. The third kappa shape index (κ3) is 4.07. The van der Waals surface area contributed by atoms with E-state index in [0.29, 0.717) is 34.5 Å². The van der Waals surface area contributed by atoms with E-state index in [0.717, 1.165) is 5.52 Å². The van der Waals surface area contributed by atoms with E-state index in [1.165, 1.54) is 17.0 Å². The molecule has 3 aliphatic heterocycles. The minimum absolute atomic E-state index is 0.0446. The summed E-state index contributed by atoms with van der Waals surface area (Å²) in [6.07, 6.45) is -3.78. The van der Waals surface area contributed by atoms with Gasteiger partial charge in [-0.05, 0) is 37.3 Å². The van der Waals surface area contributed by atoms with Crippen LogP contribution in [0.25, 0.3) is 11.0 Å². The molecule has 0 spiro atoms. The second-order valence-electron chi connectivity index (χ2n) is 10.4. The van der Waals surface area contributed by atoms with Crippen molar-refractivity contribution in [1.82, 2.24) is 19.4 Å². The molecule has 3 aliphatic rings. The van der Waals surface area contributed by atoms with Crippen LogP contribution >= 0.6 is 0 Å². The zero-order valence-electron chi connectivity index (χ0n) is 20.5. The Morgan fingerprint density at radius 2 is 1.95 bits per heavy atom. The van der Waals surface area contributed by atoms with Crippen LogP contribution in [0.3, 0.4) is 0 Å². The first-order valence-corrected chi connectivity index (χ1v) is 12.1. The van der Waals surface area contributed by atoms with Gasteiger partial charge >= 0.3 is 12.8 Å². The van der Waals surface area contributed by atoms with Gasteiger partial charge in [0.25, 0.3) is 5.91 Å². The van der Waals surface area contributed by atoms with Crippen LogP contribution in [-0.2, 0) is 0 Å². The van der Waals surface area contributed by atoms with E-state index in [9.17, 15) is 26.7 Å². The van der Waals surface area contributed by atoms with Crippen LogP contribution in [0.5, 0.6) is 5.75 Å². The van der Waals surface area contributed by atoms with Crippen molar-refractivity contribution >= 4 is 16.9 Å². The highest BCUT2D eigenvalue weighted by Crippen LogP contribution is 2.50. The number of benzene rings is 2. The molecule has 1 saturated heterocycles. The first kappa shape index (κ1) is 24.7. The number of likely N-dealkylation sites (tertiary alicyclic amines) is 1. The van der Waals surface area contributed by atoms with Gasteiger partial charge in [-0.3, -0.25) is 9.69 Å². The van der Waals surface area contributed by atoms with Gasteiger partial charge in [-0.2, -0.15) is 22.0 Å². The first-order valence-electron chi connectivity index (χ1n) is 12.1. The Balaban J connectivity index is 1.39. The van der Waals surface area contributed by atoms with Crippen LogP contribution in [0.15, 0.2) is 36.4 Å². The fraction of sp³-hybridized carbons (Fsp3) is 0.407. The summed E-state index contributed by atoms with van der Waals surface area (Å²) in [5.41, 5.74) is 2.23. The Morgan fingerprint density at radius 3 is 2.66 bits per heavy atom. The van der Waals surface area contributed by atoms with Crippen molar-refractivity contribution in [2.24, 2.45) is 5.41 Å². The number of fused-ring (bicyclic) bond motifs is 9. The number of nitrogens with zero attached hydrogens (tertiary/aromatic N) is 4. The van der Waals surface area contributed by atoms with E-state index in [2.05, 4.69) is 11.8 Å². The largest absolute Gasteiger partial charge is 0.434 e. The van der Waals surface area contributed by atoms with Gasteiger partial charge in [0.2, 0.25) is 0 Å². The van der Waals surface area contributed by atoms with Gasteiger partial charge in [0.05, 0.1) is 35.1 Å². The SMILES string of the molecule is CN1C(=O)c2cccc(OC(F)F)c2C2C[C@@H]1c1nc3ccc(C#CC4(C)CN(CC(F)(F)F)C4)cc3n12. The topological polar surface area (TPSA) is 50.6 Å². The molecule has 198 valence electrons. The zero-order chi connectivity index (χ0) is 27.0. The summed E-state index contributed by atoms with van der Waals surface area (Å²) < 4.78 is 71.2. The Labute approximate surface area is 215 Å². The quantitative estimate of drug-likeness (QED) is 0.354. The normalized spacial score (nSPS) is 22.0. The molecule has 0 saturated carbocycles. The van der Waals surface area contributed by atoms with Gasteiger partial charge in [0, 0.05) is 43.2 Å². The number of ether oxygens (including phenoxy) is 1. The number of imidazole rings is 1. The molecule has 1 unspecified atom stereocenters. The van der Waals surface area contributed by atoms with E-state index in [1.807, 2.05) is 17.6 Å². The number of aromatic nitrogens is 2. The highest BCUT2D eigenvalue weighted by Gasteiger charge is 2.45. The van der Waals surface area contributed by atoms with E-state index >= 15 is 0 Å². The van der Waals surface area contributed by atoms with Gasteiger partial charge < -0.3 is 14.2 Å². The molecule has 11 heteroatoms. The van der Waals surface area contributed by atoms with E-state index in [-0.39, 0.29) is 30.8 Å². The molecule has 6 nitrogen and oxygen atoms in total. The van der Waals surface area contributed by atoms with Crippen molar-refractivity contribution in [1.29, 1.82) is 0 Å². The fourth-order valence-electron chi connectivity index (χ4n) is 5.97. The minimum atomic E-state index is -4.24. The highest BCUT2D eigenvalue weighted by molar-refractivity contribution is 5.97. The second kappa shape index (κ2) is 8.43. The summed E-state index contributed by atoms with van der Waals surface area (Å²) in [7, 11) is 1.67. The maximum atomic E-state index is 13.3. The van der Waals surface area contributed by atoms with Crippen molar-refractivity contribution in [3.05, 3.63) is 58.9 Å². The second-order valence-corrected chi connectivity index (χ2v) is 10.4. The summed E-state index contributed by atoms with van der Waals surface area (Å²) in [6.45, 7) is -1.69. The summed E-state index contributed by atoms with van der Waals surface area (Å²) >= 11 is 0. The predicted octanol–water partition coefficient (Wildman–Crippen LogP) is 4.99. The molecule has 0 N–H and O–H groups in total. The molecule has 1 aromatic heterocycles. The Kier molecular flexibility index (Phi) is 5.47. The van der Waals surface area contributed by atoms with E-state index in [1.54, 1.807) is 30.1 Å². The summed E-state index contributed by atoms with van der Waals surface area (Å²) in [6, 6.07) is 9.23. The predicted molar refractivity (Wildman–Crippen MR) is 128 cm³/mol. The van der Waals surface area contributed by atoms with Gasteiger partial charge in [-0.25, -0.2) is 4.98 Å². The highest BCUT2D eigenvalue weighted by atomic mass is 19.4. The number of rotatable bonds is 3. The number of carbonyl (C=O) groups is 1. The number of alkyl halides is 5. The third-order valence-corrected chi connectivity index (χ3v) is 7.46. The molecule has 2 atom stereocenters. The van der Waals surface area contributed by atoms with Crippen LogP contribution in [-0.4, -0.2) is 64.7 Å². The summed E-state index contributed by atoms with van der Waals surface area (Å²) in [5.74, 6) is 6.54.